The highest BCUT2D eigenvalue weighted by molar-refractivity contribution is 5.94. The standard InChI is InChI=1S/C22H28N4O2/c1-2-23-22(26-14-11-17-7-3-4-8-19(17)16-26)25-13-6-12-24-21(28)18-9-5-10-20(27)15-18/h3-5,7-10,15,27H,2,6,11-14,16H2,1H3,(H,23,25)(H,24,28). The summed E-state index contributed by atoms with van der Waals surface area (Å²) in [5.74, 6) is 0.839. The lowest BCUT2D eigenvalue weighted by Crippen LogP contribution is -2.44. The first kappa shape index (κ1) is 19.7. The molecule has 0 aromatic heterocycles. The quantitative estimate of drug-likeness (QED) is 0.409. The van der Waals surface area contributed by atoms with Gasteiger partial charge in [0.15, 0.2) is 5.96 Å². The van der Waals surface area contributed by atoms with Crippen molar-refractivity contribution in [2.75, 3.05) is 26.2 Å². The lowest BCUT2D eigenvalue weighted by atomic mass is 10.0. The maximum Gasteiger partial charge on any atom is 0.251 e. The second-order valence-corrected chi connectivity index (χ2v) is 6.84. The molecule has 2 aromatic rings. The zero-order chi connectivity index (χ0) is 19.8. The molecular weight excluding hydrogens is 352 g/mol. The molecule has 28 heavy (non-hydrogen) atoms. The molecule has 6 nitrogen and oxygen atoms in total. The Morgan fingerprint density at radius 2 is 1.96 bits per heavy atom. The zero-order valence-electron chi connectivity index (χ0n) is 16.3. The summed E-state index contributed by atoms with van der Waals surface area (Å²) >= 11 is 0. The molecule has 1 aliphatic rings. The van der Waals surface area contributed by atoms with Crippen LogP contribution < -0.4 is 10.6 Å². The van der Waals surface area contributed by atoms with Crippen LogP contribution in [0.15, 0.2) is 53.5 Å². The fourth-order valence-electron chi connectivity index (χ4n) is 3.32. The van der Waals surface area contributed by atoms with E-state index in [0.717, 1.165) is 38.4 Å². The zero-order valence-corrected chi connectivity index (χ0v) is 16.3. The third-order valence-corrected chi connectivity index (χ3v) is 4.76. The molecule has 1 aliphatic heterocycles. The van der Waals surface area contributed by atoms with Gasteiger partial charge in [-0.05, 0) is 49.1 Å². The fraction of sp³-hybridized carbons (Fsp3) is 0.364. The summed E-state index contributed by atoms with van der Waals surface area (Å²) in [4.78, 5) is 19.1. The topological polar surface area (TPSA) is 77.0 Å². The van der Waals surface area contributed by atoms with E-state index in [1.165, 1.54) is 17.2 Å². The number of fused-ring (bicyclic) bond motifs is 1. The number of hydrogen-bond acceptors (Lipinski definition) is 3. The summed E-state index contributed by atoms with van der Waals surface area (Å²) in [6, 6.07) is 14.9. The Labute approximate surface area is 166 Å². The molecule has 0 aliphatic carbocycles. The molecule has 3 N–H and O–H groups in total. The Kier molecular flexibility index (Phi) is 6.89. The maximum atomic E-state index is 12.1. The van der Waals surface area contributed by atoms with Crippen LogP contribution in [0.5, 0.6) is 5.75 Å². The third-order valence-electron chi connectivity index (χ3n) is 4.76. The molecule has 0 unspecified atom stereocenters. The average molecular weight is 380 g/mol. The average Bonchev–Trinajstić information content (AvgIpc) is 2.72. The van der Waals surface area contributed by atoms with Crippen LogP contribution in [0.3, 0.4) is 0 Å². The van der Waals surface area contributed by atoms with E-state index >= 15 is 0 Å². The number of benzene rings is 2. The van der Waals surface area contributed by atoms with Gasteiger partial charge in [0.05, 0.1) is 0 Å². The molecule has 148 valence electrons. The lowest BCUT2D eigenvalue weighted by Gasteiger charge is -2.31. The van der Waals surface area contributed by atoms with E-state index in [0.29, 0.717) is 18.7 Å². The molecule has 0 spiro atoms. The number of nitrogens with one attached hydrogen (secondary N) is 2. The van der Waals surface area contributed by atoms with Crippen LogP contribution in [0.2, 0.25) is 0 Å². The van der Waals surface area contributed by atoms with Crippen LogP contribution in [0, 0.1) is 0 Å². The van der Waals surface area contributed by atoms with Crippen molar-refractivity contribution < 1.29 is 9.90 Å². The number of aliphatic imine (C=N–C) groups is 1. The van der Waals surface area contributed by atoms with Crippen LogP contribution >= 0.6 is 0 Å². The van der Waals surface area contributed by atoms with Crippen molar-refractivity contribution in [1.29, 1.82) is 0 Å². The second kappa shape index (κ2) is 9.78. The fourth-order valence-corrected chi connectivity index (χ4v) is 3.32. The highest BCUT2D eigenvalue weighted by atomic mass is 16.3. The van der Waals surface area contributed by atoms with E-state index in [-0.39, 0.29) is 11.7 Å². The third kappa shape index (κ3) is 5.25. The number of hydrogen-bond donors (Lipinski definition) is 3. The number of aromatic hydroxyl groups is 1. The van der Waals surface area contributed by atoms with Gasteiger partial charge in [0, 0.05) is 38.3 Å². The Hall–Kier alpha value is -3.02. The van der Waals surface area contributed by atoms with E-state index < -0.39 is 0 Å². The first-order valence-electron chi connectivity index (χ1n) is 9.84. The normalized spacial score (nSPS) is 13.8. The van der Waals surface area contributed by atoms with E-state index in [1.54, 1.807) is 18.2 Å². The molecule has 1 heterocycles. The molecule has 0 saturated carbocycles. The van der Waals surface area contributed by atoms with Crippen LogP contribution in [0.1, 0.15) is 34.8 Å². The first-order chi connectivity index (χ1) is 13.7. The summed E-state index contributed by atoms with van der Waals surface area (Å²) in [5.41, 5.74) is 3.24. The maximum absolute atomic E-state index is 12.1. The van der Waals surface area contributed by atoms with E-state index in [4.69, 9.17) is 4.99 Å². The van der Waals surface area contributed by atoms with Gasteiger partial charge in [-0.15, -0.1) is 0 Å². The van der Waals surface area contributed by atoms with Gasteiger partial charge in [0.1, 0.15) is 5.75 Å². The first-order valence-corrected chi connectivity index (χ1v) is 9.84. The molecule has 3 rings (SSSR count). The van der Waals surface area contributed by atoms with Crippen molar-refractivity contribution in [2.24, 2.45) is 4.99 Å². The minimum absolute atomic E-state index is 0.0932. The molecule has 0 fully saturated rings. The molecule has 0 bridgehead atoms. The Morgan fingerprint density at radius 1 is 1.14 bits per heavy atom. The lowest BCUT2D eigenvalue weighted by molar-refractivity contribution is 0.0953. The number of carbonyl (C=O) groups excluding carboxylic acids is 1. The van der Waals surface area contributed by atoms with Gasteiger partial charge in [-0.3, -0.25) is 9.79 Å². The summed E-state index contributed by atoms with van der Waals surface area (Å²) in [7, 11) is 0. The summed E-state index contributed by atoms with van der Waals surface area (Å²) in [6.07, 6.45) is 1.78. The van der Waals surface area contributed by atoms with Crippen LogP contribution in [-0.2, 0) is 13.0 Å². The molecule has 2 aromatic carbocycles. The molecule has 6 heteroatoms. The number of amides is 1. The molecule has 0 radical (unpaired) electrons. The number of nitrogens with zero attached hydrogens (tertiary/aromatic N) is 2. The molecule has 0 saturated heterocycles. The number of rotatable bonds is 6. The number of carbonyl (C=O) groups is 1. The molecule has 0 atom stereocenters. The Balaban J connectivity index is 1.49. The van der Waals surface area contributed by atoms with Crippen molar-refractivity contribution in [1.82, 2.24) is 15.5 Å². The molecular formula is C22H28N4O2. The van der Waals surface area contributed by atoms with Gasteiger partial charge in [-0.1, -0.05) is 30.3 Å². The Morgan fingerprint density at radius 3 is 2.75 bits per heavy atom. The van der Waals surface area contributed by atoms with Gasteiger partial charge in [0.2, 0.25) is 0 Å². The minimum Gasteiger partial charge on any atom is -0.508 e. The highest BCUT2D eigenvalue weighted by Gasteiger charge is 2.18. The van der Waals surface area contributed by atoms with Gasteiger partial charge < -0.3 is 20.6 Å². The van der Waals surface area contributed by atoms with Crippen LogP contribution in [-0.4, -0.2) is 48.1 Å². The minimum atomic E-state index is -0.181. The van der Waals surface area contributed by atoms with E-state index in [1.807, 2.05) is 0 Å². The van der Waals surface area contributed by atoms with Gasteiger partial charge in [0.25, 0.3) is 5.91 Å². The number of phenolic OH excluding ortho intramolecular Hbond substituents is 1. The largest absolute Gasteiger partial charge is 0.508 e. The highest BCUT2D eigenvalue weighted by Crippen LogP contribution is 2.18. The summed E-state index contributed by atoms with van der Waals surface area (Å²) < 4.78 is 0. The van der Waals surface area contributed by atoms with Gasteiger partial charge in [-0.2, -0.15) is 0 Å². The van der Waals surface area contributed by atoms with E-state index in [2.05, 4.69) is 46.7 Å². The smallest absolute Gasteiger partial charge is 0.251 e. The monoisotopic (exact) mass is 380 g/mol. The van der Waals surface area contributed by atoms with Crippen molar-refractivity contribution in [3.05, 3.63) is 65.2 Å². The summed E-state index contributed by atoms with van der Waals surface area (Å²) in [6.45, 7) is 5.91. The van der Waals surface area contributed by atoms with Gasteiger partial charge in [-0.25, -0.2) is 0 Å². The van der Waals surface area contributed by atoms with Crippen LogP contribution in [0.25, 0.3) is 0 Å². The number of phenols is 1. The van der Waals surface area contributed by atoms with Crippen LogP contribution in [0.4, 0.5) is 0 Å². The Bertz CT molecular complexity index is 835. The number of guanidine groups is 1. The second-order valence-electron chi connectivity index (χ2n) is 6.84. The predicted octanol–water partition coefficient (Wildman–Crippen LogP) is 2.54. The predicted molar refractivity (Wildman–Crippen MR) is 112 cm³/mol. The summed E-state index contributed by atoms with van der Waals surface area (Å²) in [5, 5.41) is 15.7. The van der Waals surface area contributed by atoms with Crippen molar-refractivity contribution in [2.45, 2.75) is 26.3 Å². The van der Waals surface area contributed by atoms with E-state index in [9.17, 15) is 9.90 Å². The van der Waals surface area contributed by atoms with Gasteiger partial charge >= 0.3 is 0 Å². The molecule has 1 amide bonds. The van der Waals surface area contributed by atoms with Crippen molar-refractivity contribution in [3.63, 3.8) is 0 Å². The SMILES string of the molecule is CCNC(=NCCCNC(=O)c1cccc(O)c1)N1CCc2ccccc2C1. The van der Waals surface area contributed by atoms with Crippen molar-refractivity contribution in [3.8, 4) is 5.75 Å². The van der Waals surface area contributed by atoms with Crippen molar-refractivity contribution >= 4 is 11.9 Å².